The average Bonchev–Trinajstić information content (AvgIpc) is 2.90. The van der Waals surface area contributed by atoms with Gasteiger partial charge in [0.05, 0.1) is 28.9 Å². The second kappa shape index (κ2) is 6.21. The number of benzene rings is 1. The Morgan fingerprint density at radius 2 is 1.81 bits per heavy atom. The number of nitrogens with zero attached hydrogens (tertiary/aromatic N) is 3. The van der Waals surface area contributed by atoms with Crippen LogP contribution >= 0.6 is 11.3 Å². The number of pyridine rings is 1. The van der Waals surface area contributed by atoms with Gasteiger partial charge >= 0.3 is 6.01 Å². The molecule has 0 fully saturated rings. The summed E-state index contributed by atoms with van der Waals surface area (Å²) in [4.78, 5) is 25.0. The summed E-state index contributed by atoms with van der Waals surface area (Å²) in [7, 11) is 0. The zero-order chi connectivity index (χ0) is 18.4. The van der Waals surface area contributed by atoms with Crippen molar-refractivity contribution in [3.63, 3.8) is 0 Å². The molecular formula is C20H19N3O2S. The Hall–Kier alpha value is -2.73. The van der Waals surface area contributed by atoms with Crippen LogP contribution in [0.4, 0.5) is 0 Å². The van der Waals surface area contributed by atoms with Gasteiger partial charge in [-0.2, -0.15) is 4.98 Å². The first kappa shape index (κ1) is 16.7. The monoisotopic (exact) mass is 365 g/mol. The van der Waals surface area contributed by atoms with Crippen molar-refractivity contribution in [2.45, 2.75) is 27.7 Å². The summed E-state index contributed by atoms with van der Waals surface area (Å²) in [5.41, 5.74) is 3.07. The maximum Gasteiger partial charge on any atom is 0.304 e. The molecule has 0 radical (unpaired) electrons. The summed E-state index contributed by atoms with van der Waals surface area (Å²) in [5.74, 6) is 0. The molecule has 0 unspecified atom stereocenters. The van der Waals surface area contributed by atoms with E-state index in [0.29, 0.717) is 29.2 Å². The lowest BCUT2D eigenvalue weighted by Crippen LogP contribution is -2.23. The summed E-state index contributed by atoms with van der Waals surface area (Å²) in [6.07, 6.45) is 0. The molecule has 0 spiro atoms. The van der Waals surface area contributed by atoms with Crippen LogP contribution in [0.1, 0.15) is 23.1 Å². The van der Waals surface area contributed by atoms with Crippen molar-refractivity contribution in [1.82, 2.24) is 14.5 Å². The van der Waals surface area contributed by atoms with Crippen molar-refractivity contribution < 1.29 is 4.74 Å². The van der Waals surface area contributed by atoms with E-state index in [2.05, 4.69) is 18.8 Å². The quantitative estimate of drug-likeness (QED) is 0.542. The molecule has 0 saturated heterocycles. The topological polar surface area (TPSA) is 57.0 Å². The van der Waals surface area contributed by atoms with Crippen molar-refractivity contribution in [2.24, 2.45) is 0 Å². The van der Waals surface area contributed by atoms with Crippen molar-refractivity contribution >= 4 is 32.5 Å². The lowest BCUT2D eigenvalue weighted by molar-refractivity contribution is 0.304. The Bertz CT molecular complexity index is 1190. The molecule has 3 aromatic heterocycles. The summed E-state index contributed by atoms with van der Waals surface area (Å²) in [6.45, 7) is 8.30. The molecule has 4 aromatic rings. The molecule has 0 aliphatic rings. The Kier molecular flexibility index (Phi) is 4.00. The van der Waals surface area contributed by atoms with E-state index in [1.807, 2.05) is 44.2 Å². The number of hydrogen-bond acceptors (Lipinski definition) is 5. The number of rotatable bonds is 3. The maximum absolute atomic E-state index is 13.4. The van der Waals surface area contributed by atoms with E-state index < -0.39 is 0 Å². The molecule has 0 bridgehead atoms. The number of thiophene rings is 1. The van der Waals surface area contributed by atoms with E-state index in [1.54, 1.807) is 11.3 Å². The van der Waals surface area contributed by atoms with Gasteiger partial charge in [-0.05, 0) is 45.4 Å². The van der Waals surface area contributed by atoms with Gasteiger partial charge in [0, 0.05) is 10.3 Å². The lowest BCUT2D eigenvalue weighted by Gasteiger charge is -2.14. The molecule has 0 N–H and O–H groups in total. The van der Waals surface area contributed by atoms with Crippen LogP contribution in [-0.2, 0) is 0 Å². The van der Waals surface area contributed by atoms with Gasteiger partial charge in [0.15, 0.2) is 0 Å². The van der Waals surface area contributed by atoms with Gasteiger partial charge in [0.2, 0.25) is 0 Å². The highest BCUT2D eigenvalue weighted by molar-refractivity contribution is 7.18. The van der Waals surface area contributed by atoms with Crippen LogP contribution in [0.25, 0.3) is 26.8 Å². The van der Waals surface area contributed by atoms with Crippen LogP contribution < -0.4 is 10.3 Å². The smallest absolute Gasteiger partial charge is 0.304 e. The molecule has 1 aromatic carbocycles. The van der Waals surface area contributed by atoms with Crippen molar-refractivity contribution in [3.05, 3.63) is 56.8 Å². The summed E-state index contributed by atoms with van der Waals surface area (Å²) < 4.78 is 7.28. The fourth-order valence-electron chi connectivity index (χ4n) is 3.21. The van der Waals surface area contributed by atoms with E-state index in [1.165, 1.54) is 9.44 Å². The highest BCUT2D eigenvalue weighted by atomic mass is 32.1. The maximum atomic E-state index is 13.4. The molecule has 0 atom stereocenters. The molecule has 26 heavy (non-hydrogen) atoms. The number of fused-ring (bicyclic) bond motifs is 3. The summed E-state index contributed by atoms with van der Waals surface area (Å²) in [5, 5.41) is 1.50. The van der Waals surface area contributed by atoms with Crippen LogP contribution in [0.5, 0.6) is 6.01 Å². The van der Waals surface area contributed by atoms with Gasteiger partial charge in [-0.15, -0.1) is 11.3 Å². The number of hydrogen-bond donors (Lipinski definition) is 0. The number of aromatic nitrogens is 3. The van der Waals surface area contributed by atoms with Crippen molar-refractivity contribution in [3.8, 4) is 11.7 Å². The fourth-order valence-corrected chi connectivity index (χ4v) is 4.29. The molecule has 5 nitrogen and oxygen atoms in total. The Morgan fingerprint density at radius 3 is 2.50 bits per heavy atom. The summed E-state index contributed by atoms with van der Waals surface area (Å²) in [6, 6.07) is 9.76. The first-order chi connectivity index (χ1) is 12.5. The predicted octanol–water partition coefficient (Wildman–Crippen LogP) is 4.32. The molecule has 6 heteroatoms. The molecule has 132 valence electrons. The van der Waals surface area contributed by atoms with Gasteiger partial charge in [-0.1, -0.05) is 18.2 Å². The third-order valence-electron chi connectivity index (χ3n) is 4.57. The molecule has 0 saturated carbocycles. The Labute approximate surface area is 154 Å². The summed E-state index contributed by atoms with van der Waals surface area (Å²) >= 11 is 1.63. The van der Waals surface area contributed by atoms with E-state index >= 15 is 0 Å². The molecule has 0 amide bonds. The molecule has 4 rings (SSSR count). The first-order valence-electron chi connectivity index (χ1n) is 8.54. The fraction of sp³-hybridized carbons (Fsp3) is 0.250. The Balaban J connectivity index is 2.21. The molecule has 0 aliphatic carbocycles. The van der Waals surface area contributed by atoms with E-state index in [-0.39, 0.29) is 5.56 Å². The van der Waals surface area contributed by atoms with Crippen LogP contribution in [-0.4, -0.2) is 21.1 Å². The largest absolute Gasteiger partial charge is 0.465 e. The van der Waals surface area contributed by atoms with E-state index in [4.69, 9.17) is 9.72 Å². The third kappa shape index (κ3) is 2.41. The normalized spacial score (nSPS) is 11.4. The van der Waals surface area contributed by atoms with Crippen LogP contribution in [0.15, 0.2) is 35.1 Å². The van der Waals surface area contributed by atoms with Crippen LogP contribution in [0.2, 0.25) is 0 Å². The number of aryl methyl sites for hydroxylation is 3. The highest BCUT2D eigenvalue weighted by Crippen LogP contribution is 2.34. The van der Waals surface area contributed by atoms with Gasteiger partial charge in [-0.3, -0.25) is 4.79 Å². The van der Waals surface area contributed by atoms with E-state index in [9.17, 15) is 4.79 Å². The average molecular weight is 365 g/mol. The predicted molar refractivity (Wildman–Crippen MR) is 106 cm³/mol. The highest BCUT2D eigenvalue weighted by Gasteiger charge is 2.20. The zero-order valence-electron chi connectivity index (χ0n) is 15.2. The minimum atomic E-state index is -0.153. The Morgan fingerprint density at radius 1 is 1.08 bits per heavy atom. The van der Waals surface area contributed by atoms with E-state index in [0.717, 1.165) is 21.5 Å². The van der Waals surface area contributed by atoms with Gasteiger partial charge < -0.3 is 4.74 Å². The van der Waals surface area contributed by atoms with Gasteiger partial charge in [0.1, 0.15) is 4.83 Å². The van der Waals surface area contributed by atoms with Crippen LogP contribution in [0, 0.1) is 20.8 Å². The van der Waals surface area contributed by atoms with Gasteiger partial charge in [-0.25, -0.2) is 9.55 Å². The number of para-hydroxylation sites is 1. The lowest BCUT2D eigenvalue weighted by atomic mass is 10.1. The number of ether oxygens (including phenoxy) is 1. The molecular weight excluding hydrogens is 346 g/mol. The van der Waals surface area contributed by atoms with Crippen LogP contribution in [0.3, 0.4) is 0 Å². The van der Waals surface area contributed by atoms with Gasteiger partial charge in [0.25, 0.3) is 5.56 Å². The molecule has 0 aliphatic heterocycles. The standard InChI is InChI=1S/C20H19N3O2S/c1-5-25-20-22-17-15-11(2)13(4)26-18(15)21-12(3)16(17)19(24)23(20)14-9-7-6-8-10-14/h6-10H,5H2,1-4H3. The molecule has 3 heterocycles. The minimum absolute atomic E-state index is 0.153. The van der Waals surface area contributed by atoms with Crippen molar-refractivity contribution in [1.29, 1.82) is 0 Å². The van der Waals surface area contributed by atoms with Crippen molar-refractivity contribution in [2.75, 3.05) is 6.61 Å². The first-order valence-corrected chi connectivity index (χ1v) is 9.35. The SMILES string of the molecule is CCOc1nc2c(c(C)nc3sc(C)c(C)c32)c(=O)n1-c1ccccc1. The third-order valence-corrected chi connectivity index (χ3v) is 5.68. The zero-order valence-corrected chi connectivity index (χ0v) is 16.0. The second-order valence-corrected chi connectivity index (χ2v) is 7.39. The second-order valence-electron chi connectivity index (χ2n) is 6.19. The minimum Gasteiger partial charge on any atom is -0.465 e.